The Labute approximate surface area is 256 Å². The molecule has 43 heavy (non-hydrogen) atoms. The molecule has 0 bridgehead atoms. The summed E-state index contributed by atoms with van der Waals surface area (Å²) < 4.78 is 24.6. The highest BCUT2D eigenvalue weighted by Gasteiger charge is 2.73. The number of carbonyl (C=O) groups is 2. The van der Waals surface area contributed by atoms with Crippen LogP contribution >= 0.6 is 11.8 Å². The first-order chi connectivity index (χ1) is 20.5. The Morgan fingerprint density at radius 3 is 2.63 bits per heavy atom. The zero-order chi connectivity index (χ0) is 30.0. The molecule has 2 saturated heterocycles. The summed E-state index contributed by atoms with van der Waals surface area (Å²) in [5, 5.41) is 25.5. The van der Waals surface area contributed by atoms with Gasteiger partial charge in [0.05, 0.1) is 23.9 Å². The first kappa shape index (κ1) is 28.9. The lowest BCUT2D eigenvalue weighted by Crippen LogP contribution is -2.69. The van der Waals surface area contributed by atoms with E-state index in [9.17, 15) is 19.8 Å². The molecule has 8 aliphatic rings. The van der Waals surface area contributed by atoms with Crippen molar-refractivity contribution in [1.29, 1.82) is 0 Å². The van der Waals surface area contributed by atoms with Crippen LogP contribution in [0.4, 0.5) is 0 Å². The van der Waals surface area contributed by atoms with Crippen molar-refractivity contribution in [3.05, 3.63) is 22.3 Å². The Hall–Kier alpha value is -1.56. The third kappa shape index (κ3) is 3.68. The Balaban J connectivity index is 1.11. The van der Waals surface area contributed by atoms with Crippen molar-refractivity contribution >= 4 is 30.2 Å². The second kappa shape index (κ2) is 9.48. The van der Waals surface area contributed by atoms with E-state index in [-0.39, 0.29) is 41.3 Å². The van der Waals surface area contributed by atoms with Gasteiger partial charge >= 0.3 is 5.97 Å². The number of rotatable bonds is 2. The van der Waals surface area contributed by atoms with Gasteiger partial charge in [-0.2, -0.15) is 0 Å². The molecule has 6 fully saturated rings. The summed E-state index contributed by atoms with van der Waals surface area (Å²) in [6, 6.07) is 0. The SMILES string of the molecule is C[C@@H]1C/C(=C2/N=CCS2)[C@]2(O)O[C@@H]3C[C@@]4(C=O)[C@H](CC[C@@H]5[C@@H]4CC[C@@]4(C)[C@@]5(O)CC[C@]4(C)C4=CC(=O)OC4)C[C@H]3O[C@@H]2O1. The van der Waals surface area contributed by atoms with Gasteiger partial charge in [0.1, 0.15) is 17.9 Å². The molecule has 4 aliphatic heterocycles. The topological polar surface area (TPSA) is 124 Å². The Kier molecular flexibility index (Phi) is 6.37. The van der Waals surface area contributed by atoms with E-state index in [0.29, 0.717) is 37.9 Å². The average Bonchev–Trinajstić information content (AvgIpc) is 3.72. The largest absolute Gasteiger partial charge is 0.458 e. The molecule has 0 amide bonds. The van der Waals surface area contributed by atoms with Gasteiger partial charge in [-0.3, -0.25) is 4.99 Å². The van der Waals surface area contributed by atoms with E-state index >= 15 is 0 Å². The van der Waals surface area contributed by atoms with Crippen LogP contribution in [0, 0.1) is 34.0 Å². The first-order valence-electron chi connectivity index (χ1n) is 16.1. The maximum Gasteiger partial charge on any atom is 0.331 e. The van der Waals surface area contributed by atoms with Gasteiger partial charge in [0.2, 0.25) is 12.1 Å². The summed E-state index contributed by atoms with van der Waals surface area (Å²) >= 11 is 1.58. The molecule has 4 aliphatic carbocycles. The number of esters is 1. The summed E-state index contributed by atoms with van der Waals surface area (Å²) in [5.74, 6) is -1.22. The van der Waals surface area contributed by atoms with E-state index in [1.165, 1.54) is 6.29 Å². The zero-order valence-electron chi connectivity index (χ0n) is 25.3. The molecule has 0 aromatic heterocycles. The minimum absolute atomic E-state index is 0.00646. The summed E-state index contributed by atoms with van der Waals surface area (Å²) in [6.45, 7) is 6.67. The van der Waals surface area contributed by atoms with Gasteiger partial charge in [0.15, 0.2) is 0 Å². The number of ether oxygens (including phenoxy) is 4. The zero-order valence-corrected chi connectivity index (χ0v) is 26.1. The van der Waals surface area contributed by atoms with Gasteiger partial charge in [-0.15, -0.1) is 11.8 Å². The van der Waals surface area contributed by atoms with Crippen molar-refractivity contribution in [3.8, 4) is 0 Å². The lowest BCUT2D eigenvalue weighted by Gasteiger charge is -2.65. The number of aldehydes is 1. The average molecular weight is 614 g/mol. The van der Waals surface area contributed by atoms with E-state index < -0.39 is 34.6 Å². The predicted octanol–water partition coefficient (Wildman–Crippen LogP) is 4.06. The third-order valence-corrected chi connectivity index (χ3v) is 14.5. The first-order valence-corrected chi connectivity index (χ1v) is 17.1. The van der Waals surface area contributed by atoms with E-state index in [0.717, 1.165) is 48.5 Å². The molecule has 4 saturated carbocycles. The molecule has 0 aromatic rings. The normalized spacial score (nSPS) is 55.4. The highest BCUT2D eigenvalue weighted by molar-refractivity contribution is 8.04. The number of hydrogen-bond acceptors (Lipinski definition) is 10. The van der Waals surface area contributed by atoms with Crippen LogP contribution in [-0.2, 0) is 28.5 Å². The molecular weight excluding hydrogens is 570 g/mol. The van der Waals surface area contributed by atoms with Crippen molar-refractivity contribution in [2.45, 2.75) is 115 Å². The van der Waals surface area contributed by atoms with Crippen LogP contribution in [0.15, 0.2) is 27.2 Å². The van der Waals surface area contributed by atoms with Gasteiger partial charge in [0.25, 0.3) is 0 Å². The van der Waals surface area contributed by atoms with Crippen molar-refractivity contribution in [1.82, 2.24) is 0 Å². The maximum atomic E-state index is 13.4. The molecule has 0 radical (unpaired) electrons. The molecule has 0 aromatic carbocycles. The molecule has 0 unspecified atom stereocenters. The molecule has 8 rings (SSSR count). The number of hydrogen-bond donors (Lipinski definition) is 2. The van der Waals surface area contributed by atoms with Crippen molar-refractivity contribution in [3.63, 3.8) is 0 Å². The lowest BCUT2D eigenvalue weighted by molar-refractivity contribution is -0.419. The number of fused-ring (bicyclic) bond motifs is 7. The molecule has 2 N–H and O–H groups in total. The standard InChI is InChI=1S/C33H43NO8S/c1-18-12-23(27-34-10-11-43-27)33(38)28(40-18)41-24-13-19-4-5-22-21(31(19,17-35)15-25(24)42-33)6-7-30(3)29(2,8-9-32(22,30)37)20-14-26(36)39-16-20/h10,14,17-19,21-22,24-25,28,37-38H,4-9,11-13,15-16H2,1-3H3/b27-23+/t18-,19-,21+,22-,24-,25-,28+,29-,30-,31-,32-,33+/m1/s1. The molecule has 12 atom stereocenters. The minimum Gasteiger partial charge on any atom is -0.458 e. The van der Waals surface area contributed by atoms with E-state index in [1.54, 1.807) is 17.8 Å². The fraction of sp³-hybridized carbons (Fsp3) is 0.788. The van der Waals surface area contributed by atoms with Crippen LogP contribution in [0.25, 0.3) is 0 Å². The Morgan fingerprint density at radius 1 is 1.07 bits per heavy atom. The molecule has 10 heteroatoms. The van der Waals surface area contributed by atoms with Gasteiger partial charge in [-0.05, 0) is 81.6 Å². The Morgan fingerprint density at radius 2 is 1.91 bits per heavy atom. The van der Waals surface area contributed by atoms with E-state index in [1.807, 2.05) is 13.1 Å². The minimum atomic E-state index is -1.76. The second-order valence-electron chi connectivity index (χ2n) is 15.0. The second-order valence-corrected chi connectivity index (χ2v) is 16.0. The molecule has 234 valence electrons. The third-order valence-electron chi connectivity index (χ3n) is 13.6. The number of carbonyl (C=O) groups excluding carboxylic acids is 2. The summed E-state index contributed by atoms with van der Waals surface area (Å²) in [6.07, 6.45) is 9.13. The van der Waals surface area contributed by atoms with Crippen molar-refractivity contribution < 1.29 is 38.7 Å². The number of thioether (sulfide) groups is 1. The van der Waals surface area contributed by atoms with E-state index in [2.05, 4.69) is 18.8 Å². The smallest absolute Gasteiger partial charge is 0.331 e. The number of nitrogens with zero attached hydrogens (tertiary/aromatic N) is 1. The maximum absolute atomic E-state index is 13.4. The molecular formula is C33H43NO8S. The van der Waals surface area contributed by atoms with Crippen molar-refractivity contribution in [2.75, 3.05) is 12.4 Å². The number of cyclic esters (lactones) is 1. The molecule has 4 heterocycles. The van der Waals surface area contributed by atoms with Crippen LogP contribution in [0.2, 0.25) is 0 Å². The fourth-order valence-corrected chi connectivity index (χ4v) is 11.9. The molecule has 0 spiro atoms. The van der Waals surface area contributed by atoms with Gasteiger partial charge < -0.3 is 34.0 Å². The lowest BCUT2D eigenvalue weighted by atomic mass is 9.41. The quantitative estimate of drug-likeness (QED) is 0.270. The highest BCUT2D eigenvalue weighted by Crippen LogP contribution is 2.73. The van der Waals surface area contributed by atoms with E-state index in [4.69, 9.17) is 18.9 Å². The van der Waals surface area contributed by atoms with Crippen LogP contribution in [0.5, 0.6) is 0 Å². The van der Waals surface area contributed by atoms with Crippen LogP contribution in [-0.4, -0.2) is 77.0 Å². The van der Waals surface area contributed by atoms with Crippen LogP contribution < -0.4 is 0 Å². The van der Waals surface area contributed by atoms with Gasteiger partial charge in [-0.1, -0.05) is 13.8 Å². The van der Waals surface area contributed by atoms with Crippen LogP contribution in [0.1, 0.15) is 78.6 Å². The highest BCUT2D eigenvalue weighted by atomic mass is 32.2. The summed E-state index contributed by atoms with van der Waals surface area (Å²) in [4.78, 5) is 30.0. The van der Waals surface area contributed by atoms with Gasteiger partial charge in [-0.25, -0.2) is 4.79 Å². The fourth-order valence-electron chi connectivity index (χ4n) is 11.1. The van der Waals surface area contributed by atoms with Crippen molar-refractivity contribution in [2.24, 2.45) is 39.0 Å². The molecule has 9 nitrogen and oxygen atoms in total. The Bertz CT molecular complexity index is 1350. The summed E-state index contributed by atoms with van der Waals surface area (Å²) in [7, 11) is 0. The predicted molar refractivity (Wildman–Crippen MR) is 158 cm³/mol. The van der Waals surface area contributed by atoms with Crippen LogP contribution in [0.3, 0.4) is 0 Å². The number of aliphatic hydroxyl groups is 2. The van der Waals surface area contributed by atoms with Gasteiger partial charge in [0, 0.05) is 46.3 Å². The monoisotopic (exact) mass is 613 g/mol. The summed E-state index contributed by atoms with van der Waals surface area (Å²) in [5.41, 5.74) is -0.710. The number of aliphatic imine (C=N–C) groups is 1.